The summed E-state index contributed by atoms with van der Waals surface area (Å²) in [7, 11) is 1.60. The summed E-state index contributed by atoms with van der Waals surface area (Å²) in [5.74, 6) is 0. The van der Waals surface area contributed by atoms with Crippen LogP contribution in [0.3, 0.4) is 0 Å². The molecule has 0 amide bonds. The highest BCUT2D eigenvalue weighted by molar-refractivity contribution is 5.24. The van der Waals surface area contributed by atoms with Gasteiger partial charge in [0.25, 0.3) is 0 Å². The first-order valence-corrected chi connectivity index (χ1v) is 5.13. The predicted octanol–water partition coefficient (Wildman–Crippen LogP) is 1.54. The fourth-order valence-corrected chi connectivity index (χ4v) is 1.42. The third-order valence-electron chi connectivity index (χ3n) is 2.33. The van der Waals surface area contributed by atoms with Crippen molar-refractivity contribution < 1.29 is 14.9 Å². The van der Waals surface area contributed by atoms with Gasteiger partial charge in [-0.1, -0.05) is 29.4 Å². The second-order valence-electron chi connectivity index (χ2n) is 3.60. The zero-order chi connectivity index (χ0) is 12.7. The maximum atomic E-state index is 9.77. The molecule has 0 aliphatic heterocycles. The number of nitrogens with zero attached hydrogens (tertiary/aromatic N) is 3. The van der Waals surface area contributed by atoms with Crippen LogP contribution in [0.25, 0.3) is 10.4 Å². The summed E-state index contributed by atoms with van der Waals surface area (Å²) < 4.78 is 4.96. The lowest BCUT2D eigenvalue weighted by Crippen LogP contribution is -2.21. The van der Waals surface area contributed by atoms with E-state index >= 15 is 0 Å². The van der Waals surface area contributed by atoms with Crippen molar-refractivity contribution in [1.82, 2.24) is 0 Å². The van der Waals surface area contributed by atoms with Gasteiger partial charge in [-0.2, -0.15) is 0 Å². The Morgan fingerprint density at radius 1 is 1.35 bits per heavy atom. The number of aliphatic hydroxyl groups is 2. The molecule has 92 valence electrons. The zero-order valence-corrected chi connectivity index (χ0v) is 9.52. The first-order chi connectivity index (χ1) is 8.19. The number of hydrogen-bond acceptors (Lipinski definition) is 4. The smallest absolute Gasteiger partial charge is 0.105 e. The second-order valence-corrected chi connectivity index (χ2v) is 3.60. The van der Waals surface area contributed by atoms with Crippen molar-refractivity contribution in [3.8, 4) is 0 Å². The molecular weight excluding hydrogens is 222 g/mol. The highest BCUT2D eigenvalue weighted by atomic mass is 16.5. The minimum atomic E-state index is -1.10. The van der Waals surface area contributed by atoms with Gasteiger partial charge in [-0.15, -0.1) is 0 Å². The summed E-state index contributed by atoms with van der Waals surface area (Å²) in [4.78, 5) is 2.53. The molecule has 0 saturated heterocycles. The fraction of sp³-hybridized carbons (Fsp3) is 0.455. The molecule has 0 aromatic heterocycles. The number of rotatable bonds is 6. The number of benzene rings is 1. The van der Waals surface area contributed by atoms with Crippen LogP contribution in [-0.2, 0) is 11.3 Å². The molecule has 0 fully saturated rings. The number of azide groups is 1. The molecule has 0 aliphatic carbocycles. The molecule has 6 nitrogen and oxygen atoms in total. The number of methoxy groups -OCH3 is 1. The molecule has 0 heterocycles. The van der Waals surface area contributed by atoms with Crippen LogP contribution in [0.1, 0.15) is 17.2 Å². The molecule has 17 heavy (non-hydrogen) atoms. The average Bonchev–Trinajstić information content (AvgIpc) is 2.36. The van der Waals surface area contributed by atoms with Crippen LogP contribution < -0.4 is 0 Å². The van der Waals surface area contributed by atoms with Gasteiger partial charge in [-0.25, -0.2) is 0 Å². The SMILES string of the molecule is COCc1ccc(C(O)C(O)CN=[N+]=[N-])cc1. The van der Waals surface area contributed by atoms with E-state index in [0.717, 1.165) is 5.56 Å². The van der Waals surface area contributed by atoms with Crippen molar-refractivity contribution in [2.24, 2.45) is 5.11 Å². The maximum Gasteiger partial charge on any atom is 0.105 e. The summed E-state index contributed by atoms with van der Waals surface area (Å²) >= 11 is 0. The lowest BCUT2D eigenvalue weighted by atomic mass is 10.0. The van der Waals surface area contributed by atoms with Crippen molar-refractivity contribution in [3.63, 3.8) is 0 Å². The Kier molecular flexibility index (Phi) is 5.45. The average molecular weight is 237 g/mol. The van der Waals surface area contributed by atoms with Gasteiger partial charge in [0.15, 0.2) is 0 Å². The lowest BCUT2D eigenvalue weighted by Gasteiger charge is -2.16. The predicted molar refractivity (Wildman–Crippen MR) is 62.1 cm³/mol. The molecule has 0 aliphatic rings. The van der Waals surface area contributed by atoms with Crippen LogP contribution in [0, 0.1) is 0 Å². The summed E-state index contributed by atoms with van der Waals surface area (Å²) in [6.07, 6.45) is -2.16. The van der Waals surface area contributed by atoms with Gasteiger partial charge in [0.1, 0.15) is 6.10 Å². The van der Waals surface area contributed by atoms with Crippen molar-refractivity contribution >= 4 is 0 Å². The third kappa shape index (κ3) is 4.05. The van der Waals surface area contributed by atoms with E-state index in [2.05, 4.69) is 10.0 Å². The van der Waals surface area contributed by atoms with E-state index in [-0.39, 0.29) is 6.54 Å². The third-order valence-corrected chi connectivity index (χ3v) is 2.33. The van der Waals surface area contributed by atoms with Crippen LogP contribution in [-0.4, -0.2) is 30.0 Å². The van der Waals surface area contributed by atoms with E-state index < -0.39 is 12.2 Å². The zero-order valence-electron chi connectivity index (χ0n) is 9.52. The lowest BCUT2D eigenvalue weighted by molar-refractivity contribution is 0.0244. The molecule has 6 heteroatoms. The molecule has 1 rings (SSSR count). The first kappa shape index (κ1) is 13.5. The molecule has 1 aromatic carbocycles. The number of hydrogen-bond donors (Lipinski definition) is 2. The largest absolute Gasteiger partial charge is 0.390 e. The minimum absolute atomic E-state index is 0.155. The van der Waals surface area contributed by atoms with Gasteiger partial charge in [-0.05, 0) is 16.7 Å². The first-order valence-electron chi connectivity index (χ1n) is 5.13. The summed E-state index contributed by atoms with van der Waals surface area (Å²) in [5.41, 5.74) is 9.67. The van der Waals surface area contributed by atoms with E-state index in [4.69, 9.17) is 10.3 Å². The van der Waals surface area contributed by atoms with Crippen LogP contribution >= 0.6 is 0 Å². The van der Waals surface area contributed by atoms with Crippen LogP contribution in [0.15, 0.2) is 29.4 Å². The fourth-order valence-electron chi connectivity index (χ4n) is 1.42. The highest BCUT2D eigenvalue weighted by Crippen LogP contribution is 2.18. The van der Waals surface area contributed by atoms with Gasteiger partial charge in [0.2, 0.25) is 0 Å². The quantitative estimate of drug-likeness (QED) is 0.446. The van der Waals surface area contributed by atoms with E-state index in [9.17, 15) is 10.2 Å². The van der Waals surface area contributed by atoms with Crippen LogP contribution in [0.2, 0.25) is 0 Å². The molecular formula is C11H15N3O3. The van der Waals surface area contributed by atoms with E-state index in [1.165, 1.54) is 0 Å². The Morgan fingerprint density at radius 3 is 2.53 bits per heavy atom. The molecule has 0 saturated carbocycles. The number of aliphatic hydroxyl groups excluding tert-OH is 2. The van der Waals surface area contributed by atoms with Crippen molar-refractivity contribution in [2.75, 3.05) is 13.7 Å². The topological polar surface area (TPSA) is 98.5 Å². The van der Waals surface area contributed by atoms with E-state index in [1.54, 1.807) is 19.2 Å². The summed E-state index contributed by atoms with van der Waals surface area (Å²) in [5, 5.41) is 22.5. The summed E-state index contributed by atoms with van der Waals surface area (Å²) in [6.45, 7) is 0.342. The summed E-state index contributed by atoms with van der Waals surface area (Å²) in [6, 6.07) is 7.03. The Balaban J connectivity index is 2.68. The molecule has 2 unspecified atom stereocenters. The molecule has 0 radical (unpaired) electrons. The van der Waals surface area contributed by atoms with Crippen LogP contribution in [0.5, 0.6) is 0 Å². The van der Waals surface area contributed by atoms with Gasteiger partial charge in [-0.3, -0.25) is 0 Å². The molecule has 0 spiro atoms. The number of ether oxygens (including phenoxy) is 1. The Labute approximate surface area is 99.1 Å². The minimum Gasteiger partial charge on any atom is -0.390 e. The van der Waals surface area contributed by atoms with Gasteiger partial charge < -0.3 is 14.9 Å². The Morgan fingerprint density at radius 2 is 2.00 bits per heavy atom. The standard InChI is InChI=1S/C11H15N3O3/c1-17-7-8-2-4-9(5-3-8)11(16)10(15)6-13-14-12/h2-5,10-11,15-16H,6-7H2,1H3. The van der Waals surface area contributed by atoms with Gasteiger partial charge in [0, 0.05) is 12.0 Å². The van der Waals surface area contributed by atoms with E-state index in [0.29, 0.717) is 12.2 Å². The molecule has 1 aromatic rings. The van der Waals surface area contributed by atoms with E-state index in [1.807, 2.05) is 12.1 Å². The van der Waals surface area contributed by atoms with Crippen molar-refractivity contribution in [1.29, 1.82) is 0 Å². The van der Waals surface area contributed by atoms with Gasteiger partial charge >= 0.3 is 0 Å². The highest BCUT2D eigenvalue weighted by Gasteiger charge is 2.17. The van der Waals surface area contributed by atoms with Gasteiger partial charge in [0.05, 0.1) is 19.3 Å². The molecule has 0 bridgehead atoms. The van der Waals surface area contributed by atoms with Crippen molar-refractivity contribution in [3.05, 3.63) is 45.8 Å². The Hall–Kier alpha value is -1.59. The molecule has 2 N–H and O–H groups in total. The van der Waals surface area contributed by atoms with Crippen LogP contribution in [0.4, 0.5) is 0 Å². The molecule has 2 atom stereocenters. The Bertz CT molecular complexity index is 387. The second kappa shape index (κ2) is 6.88. The monoisotopic (exact) mass is 237 g/mol. The van der Waals surface area contributed by atoms with Crippen molar-refractivity contribution in [2.45, 2.75) is 18.8 Å². The normalized spacial score (nSPS) is 13.8. The maximum absolute atomic E-state index is 9.77.